The molecule has 1 aliphatic carbocycles. The van der Waals surface area contributed by atoms with Crippen molar-refractivity contribution in [3.05, 3.63) is 30.1 Å². The van der Waals surface area contributed by atoms with Crippen LogP contribution in [-0.2, 0) is 9.53 Å². The number of nitrogens with one attached hydrogen (secondary N) is 2. The number of hydrogen-bond donors (Lipinski definition) is 2. The molecule has 2 bridgehead atoms. The summed E-state index contributed by atoms with van der Waals surface area (Å²) in [4.78, 5) is 39.3. The molecule has 5 heterocycles. The monoisotopic (exact) mass is 575 g/mol. The molecule has 0 spiro atoms. The Kier molecular flexibility index (Phi) is 7.50. The molecule has 1 saturated carbocycles. The third-order valence-corrected chi connectivity index (χ3v) is 8.38. The zero-order valence-corrected chi connectivity index (χ0v) is 25.1. The van der Waals surface area contributed by atoms with Crippen LogP contribution < -0.4 is 15.5 Å². The fraction of sp³-hybridized carbons (Fsp3) is 0.600. The smallest absolute Gasteiger partial charge is 0.330 e. The summed E-state index contributed by atoms with van der Waals surface area (Å²) in [6, 6.07) is 5.67. The number of rotatable bonds is 6. The van der Waals surface area contributed by atoms with E-state index in [4.69, 9.17) is 9.72 Å². The van der Waals surface area contributed by atoms with Gasteiger partial charge in [0.2, 0.25) is 5.95 Å². The Labute approximate surface area is 246 Å². The Hall–Kier alpha value is -3.80. The molecule has 3 atom stereocenters. The van der Waals surface area contributed by atoms with Crippen LogP contribution in [0.5, 0.6) is 0 Å². The molecule has 42 heavy (non-hydrogen) atoms. The van der Waals surface area contributed by atoms with E-state index in [1.54, 1.807) is 25.2 Å². The van der Waals surface area contributed by atoms with Gasteiger partial charge in [0.25, 0.3) is 5.91 Å². The topological polar surface area (TPSA) is 130 Å². The number of carbonyl (C=O) groups is 2. The number of aromatic nitrogens is 5. The van der Waals surface area contributed by atoms with Gasteiger partial charge in [0, 0.05) is 50.3 Å². The minimum Gasteiger partial charge on any atom is -0.458 e. The van der Waals surface area contributed by atoms with Gasteiger partial charge in [0.15, 0.2) is 11.6 Å². The Bertz CT molecular complexity index is 1460. The van der Waals surface area contributed by atoms with Crippen LogP contribution in [0.1, 0.15) is 82.2 Å². The van der Waals surface area contributed by atoms with Gasteiger partial charge in [-0.1, -0.05) is 19.3 Å². The van der Waals surface area contributed by atoms with E-state index in [1.165, 1.54) is 6.42 Å². The SMILES string of the molecule is CN(C)C(=O)c1cc2cnc(Nc3ccc(N4CC5CCC(N5)C4C(=O)OC(C)(C)C)nn3)nc2n1C1CCCCC1. The van der Waals surface area contributed by atoms with Gasteiger partial charge in [-0.05, 0) is 64.7 Å². The van der Waals surface area contributed by atoms with Crippen LogP contribution >= 0.6 is 0 Å². The van der Waals surface area contributed by atoms with Gasteiger partial charge in [-0.25, -0.2) is 9.78 Å². The number of esters is 1. The van der Waals surface area contributed by atoms with Crippen molar-refractivity contribution in [1.82, 2.24) is 34.9 Å². The lowest BCUT2D eigenvalue weighted by molar-refractivity contribution is -0.157. The third-order valence-electron chi connectivity index (χ3n) is 8.38. The Morgan fingerprint density at radius 2 is 1.86 bits per heavy atom. The number of fused-ring (bicyclic) bond motifs is 3. The van der Waals surface area contributed by atoms with Crippen molar-refractivity contribution in [1.29, 1.82) is 0 Å². The second-order valence-corrected chi connectivity index (χ2v) is 12.9. The van der Waals surface area contributed by atoms with E-state index in [-0.39, 0.29) is 24.0 Å². The van der Waals surface area contributed by atoms with Crippen molar-refractivity contribution in [3.63, 3.8) is 0 Å². The summed E-state index contributed by atoms with van der Waals surface area (Å²) in [6.07, 6.45) is 9.23. The largest absolute Gasteiger partial charge is 0.458 e. The van der Waals surface area contributed by atoms with Gasteiger partial charge in [0.05, 0.1) is 0 Å². The average Bonchev–Trinajstić information content (AvgIpc) is 3.52. The van der Waals surface area contributed by atoms with Crippen LogP contribution in [0.2, 0.25) is 0 Å². The molecule has 2 N–H and O–H groups in total. The predicted molar refractivity (Wildman–Crippen MR) is 160 cm³/mol. The molecule has 3 aromatic heterocycles. The number of amides is 1. The number of nitrogens with zero attached hydrogens (tertiary/aromatic N) is 7. The summed E-state index contributed by atoms with van der Waals surface area (Å²) in [7, 11) is 3.54. The second kappa shape index (κ2) is 11.1. The van der Waals surface area contributed by atoms with Gasteiger partial charge in [-0.15, -0.1) is 10.2 Å². The van der Waals surface area contributed by atoms with Crippen LogP contribution in [0.3, 0.4) is 0 Å². The molecule has 224 valence electrons. The highest BCUT2D eigenvalue weighted by atomic mass is 16.6. The van der Waals surface area contributed by atoms with E-state index in [2.05, 4.69) is 30.4 Å². The van der Waals surface area contributed by atoms with Crippen LogP contribution in [0.15, 0.2) is 24.4 Å². The summed E-state index contributed by atoms with van der Waals surface area (Å²) >= 11 is 0. The number of anilines is 3. The molecule has 2 saturated heterocycles. The van der Waals surface area contributed by atoms with Crippen LogP contribution in [0.25, 0.3) is 11.0 Å². The zero-order valence-electron chi connectivity index (χ0n) is 25.1. The van der Waals surface area contributed by atoms with Gasteiger partial charge < -0.3 is 29.7 Å². The number of ether oxygens (including phenoxy) is 1. The lowest BCUT2D eigenvalue weighted by Gasteiger charge is -2.40. The van der Waals surface area contributed by atoms with E-state index in [1.807, 2.05) is 43.9 Å². The molecule has 2 aliphatic heterocycles. The van der Waals surface area contributed by atoms with Crippen molar-refractivity contribution in [2.45, 2.75) is 95.5 Å². The first-order valence-corrected chi connectivity index (χ1v) is 15.0. The fourth-order valence-electron chi connectivity index (χ4n) is 6.53. The fourth-order valence-corrected chi connectivity index (χ4v) is 6.53. The predicted octanol–water partition coefficient (Wildman–Crippen LogP) is 3.82. The highest BCUT2D eigenvalue weighted by Crippen LogP contribution is 2.34. The summed E-state index contributed by atoms with van der Waals surface area (Å²) < 4.78 is 7.88. The summed E-state index contributed by atoms with van der Waals surface area (Å²) in [6.45, 7) is 6.31. The molecule has 3 aliphatic rings. The Balaban J connectivity index is 1.25. The summed E-state index contributed by atoms with van der Waals surface area (Å²) in [5, 5.41) is 16.5. The number of hydrogen-bond acceptors (Lipinski definition) is 10. The average molecular weight is 576 g/mol. The Morgan fingerprint density at radius 3 is 2.55 bits per heavy atom. The van der Waals surface area contributed by atoms with Crippen LogP contribution in [0.4, 0.5) is 17.6 Å². The molecule has 3 aromatic rings. The molecule has 6 rings (SSSR count). The first-order valence-electron chi connectivity index (χ1n) is 15.0. The van der Waals surface area contributed by atoms with Gasteiger partial charge in [-0.2, -0.15) is 4.98 Å². The molecule has 12 heteroatoms. The molecule has 1 amide bonds. The minimum atomic E-state index is -0.573. The van der Waals surface area contributed by atoms with Crippen molar-refractivity contribution in [3.8, 4) is 0 Å². The van der Waals surface area contributed by atoms with Crippen molar-refractivity contribution in [2.75, 3.05) is 30.9 Å². The van der Waals surface area contributed by atoms with E-state index in [0.717, 1.165) is 49.6 Å². The van der Waals surface area contributed by atoms with E-state index >= 15 is 0 Å². The quantitative estimate of drug-likeness (QED) is 0.418. The van der Waals surface area contributed by atoms with Crippen LogP contribution in [0, 0.1) is 0 Å². The Morgan fingerprint density at radius 1 is 1.07 bits per heavy atom. The molecule has 3 unspecified atom stereocenters. The maximum absolute atomic E-state index is 13.2. The number of piperazine rings is 1. The van der Waals surface area contributed by atoms with Crippen LogP contribution in [-0.4, -0.2) is 85.9 Å². The first kappa shape index (κ1) is 28.3. The lowest BCUT2D eigenvalue weighted by Crippen LogP contribution is -2.62. The maximum Gasteiger partial charge on any atom is 0.330 e. The van der Waals surface area contributed by atoms with Crippen molar-refractivity contribution in [2.24, 2.45) is 0 Å². The zero-order chi connectivity index (χ0) is 29.6. The molecule has 12 nitrogen and oxygen atoms in total. The molecular formula is C30H41N9O3. The van der Waals surface area contributed by atoms with E-state index in [9.17, 15) is 9.59 Å². The maximum atomic E-state index is 13.2. The van der Waals surface area contributed by atoms with E-state index < -0.39 is 11.6 Å². The lowest BCUT2D eigenvalue weighted by atomic mass is 9.95. The molecular weight excluding hydrogens is 534 g/mol. The number of carbonyl (C=O) groups excluding carboxylic acids is 2. The molecule has 3 fully saturated rings. The van der Waals surface area contributed by atoms with Gasteiger partial charge in [-0.3, -0.25) is 4.79 Å². The van der Waals surface area contributed by atoms with Gasteiger partial charge >= 0.3 is 5.97 Å². The van der Waals surface area contributed by atoms with Gasteiger partial charge in [0.1, 0.15) is 23.0 Å². The highest BCUT2D eigenvalue weighted by molar-refractivity contribution is 5.98. The third kappa shape index (κ3) is 5.64. The standard InChI is InChI=1S/C30H41N9O3/c1-30(2,3)42-28(41)25-21-12-11-19(32-21)17-38(25)24-14-13-23(35-36-24)33-29-31-16-18-15-22(27(40)37(4)5)39(26(18)34-29)20-9-7-6-8-10-20/h13-16,19-21,25,32H,6-12,17H2,1-5H3,(H,31,33,34,35). The molecule has 0 radical (unpaired) electrons. The minimum absolute atomic E-state index is 0.0167. The summed E-state index contributed by atoms with van der Waals surface area (Å²) in [5.74, 6) is 1.21. The van der Waals surface area contributed by atoms with Crippen molar-refractivity contribution >= 4 is 40.5 Å². The second-order valence-electron chi connectivity index (χ2n) is 12.9. The normalized spacial score (nSPS) is 22.8. The molecule has 0 aromatic carbocycles. The van der Waals surface area contributed by atoms with E-state index in [0.29, 0.717) is 35.9 Å². The van der Waals surface area contributed by atoms with Crippen molar-refractivity contribution < 1.29 is 14.3 Å². The summed E-state index contributed by atoms with van der Waals surface area (Å²) in [5.41, 5.74) is 0.809. The highest BCUT2D eigenvalue weighted by Gasteiger charge is 2.46. The first-order chi connectivity index (χ1) is 20.1.